The molecule has 60 heavy (non-hydrogen) atoms. The molecule has 4 aliphatic carbocycles. The fraction of sp³-hybridized carbons (Fsp3) is 0.865. The molecule has 4 aliphatic rings. The average Bonchev–Trinajstić information content (AvgIpc) is 3.65. The Bertz CT molecular complexity index is 1330. The van der Waals surface area contributed by atoms with Crippen LogP contribution in [-0.2, 0) is 19.1 Å². The Morgan fingerprint density at radius 2 is 1.53 bits per heavy atom. The van der Waals surface area contributed by atoms with Crippen LogP contribution in [-0.4, -0.2) is 79.2 Å². The van der Waals surface area contributed by atoms with Gasteiger partial charge in [-0.25, -0.2) is 0 Å². The van der Waals surface area contributed by atoms with Crippen LogP contribution < -0.4 is 0 Å². The fourth-order valence-corrected chi connectivity index (χ4v) is 12.7. The van der Waals surface area contributed by atoms with Crippen molar-refractivity contribution in [3.8, 4) is 0 Å². The maximum absolute atomic E-state index is 13.3. The second kappa shape index (κ2) is 27.4. The minimum absolute atomic E-state index is 0.0182. The molecule has 8 heteroatoms. The summed E-state index contributed by atoms with van der Waals surface area (Å²) in [7, 11) is 4.06. The Balaban J connectivity index is 1.15. The molecule has 3 saturated carbocycles. The second-order valence-electron chi connectivity index (χ2n) is 20.5. The number of allylic oxidation sites excluding steroid dienone is 2. The molecule has 0 aliphatic heterocycles. The van der Waals surface area contributed by atoms with E-state index in [0.717, 1.165) is 112 Å². The highest BCUT2D eigenvalue weighted by molar-refractivity contribution is 8.13. The summed E-state index contributed by atoms with van der Waals surface area (Å²) in [4.78, 5) is 42.7. The lowest BCUT2D eigenvalue weighted by Gasteiger charge is -2.55. The normalized spacial score (nSPS) is 26.7. The van der Waals surface area contributed by atoms with Gasteiger partial charge in [-0.15, -0.1) is 0 Å². The van der Waals surface area contributed by atoms with Crippen molar-refractivity contribution in [3.05, 3.63) is 23.8 Å². The molecule has 1 amide bonds. The number of amides is 1. The molecule has 0 saturated heterocycles. The van der Waals surface area contributed by atoms with Crippen molar-refractivity contribution in [1.82, 2.24) is 9.80 Å². The molecular weight excluding hydrogens is 765 g/mol. The van der Waals surface area contributed by atoms with E-state index < -0.39 is 0 Å². The first-order valence-electron chi connectivity index (χ1n) is 25.2. The summed E-state index contributed by atoms with van der Waals surface area (Å²) in [5.74, 6) is 6.64. The highest BCUT2D eigenvalue weighted by Gasteiger charge is 2.54. The summed E-state index contributed by atoms with van der Waals surface area (Å²) in [6, 6.07) is 0. The zero-order chi connectivity index (χ0) is 43.3. The Morgan fingerprint density at radius 3 is 2.32 bits per heavy atom. The van der Waals surface area contributed by atoms with Crippen LogP contribution in [0.1, 0.15) is 189 Å². The van der Waals surface area contributed by atoms with Crippen molar-refractivity contribution in [1.29, 1.82) is 0 Å². The molecule has 0 aromatic carbocycles. The van der Waals surface area contributed by atoms with Crippen LogP contribution in [0.15, 0.2) is 23.8 Å². The van der Waals surface area contributed by atoms with Gasteiger partial charge in [-0.3, -0.25) is 14.4 Å². The van der Waals surface area contributed by atoms with Crippen molar-refractivity contribution in [2.45, 2.75) is 195 Å². The van der Waals surface area contributed by atoms with E-state index in [1.54, 1.807) is 5.57 Å². The third kappa shape index (κ3) is 16.7. The average molecular weight is 855 g/mol. The van der Waals surface area contributed by atoms with Gasteiger partial charge in [-0.1, -0.05) is 128 Å². The maximum atomic E-state index is 13.3. The van der Waals surface area contributed by atoms with Crippen LogP contribution in [0.5, 0.6) is 0 Å². The molecule has 0 spiro atoms. The van der Waals surface area contributed by atoms with Gasteiger partial charge in [0.05, 0.1) is 0 Å². The van der Waals surface area contributed by atoms with Gasteiger partial charge >= 0.3 is 11.9 Å². The van der Waals surface area contributed by atoms with Crippen molar-refractivity contribution in [2.24, 2.45) is 46.8 Å². The highest BCUT2D eigenvalue weighted by atomic mass is 32.2. The third-order valence-corrected chi connectivity index (χ3v) is 16.2. The minimum atomic E-state index is -0.117. The topological polar surface area (TPSA) is 76.1 Å². The van der Waals surface area contributed by atoms with Gasteiger partial charge in [0.25, 0.3) is 5.24 Å². The number of rotatable bonds is 28. The molecule has 7 nitrogen and oxygen atoms in total. The summed E-state index contributed by atoms with van der Waals surface area (Å²) >= 11 is 1.38. The van der Waals surface area contributed by atoms with E-state index in [4.69, 9.17) is 9.47 Å². The number of hydrogen-bond donors (Lipinski definition) is 0. The van der Waals surface area contributed by atoms with Crippen molar-refractivity contribution >= 4 is 28.9 Å². The predicted molar refractivity (Wildman–Crippen MR) is 252 cm³/mol. The Labute approximate surface area is 372 Å². The molecule has 344 valence electrons. The molecule has 0 unspecified atom stereocenters. The molecule has 4 rings (SSSR count). The largest absolute Gasteiger partial charge is 0.462 e. The molecule has 0 N–H and O–H groups in total. The first-order chi connectivity index (χ1) is 28.9. The van der Waals surface area contributed by atoms with Crippen molar-refractivity contribution in [3.63, 3.8) is 0 Å². The van der Waals surface area contributed by atoms with Crippen LogP contribution in [0.2, 0.25) is 0 Å². The van der Waals surface area contributed by atoms with E-state index in [1.807, 2.05) is 25.1 Å². The first kappa shape index (κ1) is 50.8. The molecule has 0 aromatic rings. The van der Waals surface area contributed by atoms with Gasteiger partial charge in [0, 0.05) is 44.6 Å². The summed E-state index contributed by atoms with van der Waals surface area (Å²) in [5.41, 5.74) is 1.84. The van der Waals surface area contributed by atoms with Gasteiger partial charge in [0.2, 0.25) is 0 Å². The third-order valence-electron chi connectivity index (χ3n) is 15.3. The number of carbonyl (C=O) groups excluding carboxylic acids is 3. The van der Waals surface area contributed by atoms with E-state index in [2.05, 4.69) is 51.7 Å². The van der Waals surface area contributed by atoms with Crippen LogP contribution in [0, 0.1) is 46.8 Å². The van der Waals surface area contributed by atoms with E-state index >= 15 is 0 Å². The molecule has 0 radical (unpaired) electrons. The van der Waals surface area contributed by atoms with Crippen molar-refractivity contribution in [2.75, 3.05) is 46.1 Å². The highest BCUT2D eigenvalue weighted by Crippen LogP contribution is 2.63. The van der Waals surface area contributed by atoms with E-state index in [-0.39, 0.29) is 28.7 Å². The monoisotopic (exact) mass is 855 g/mol. The maximum Gasteiger partial charge on any atom is 0.306 e. The number of hydrogen-bond acceptors (Lipinski definition) is 7. The van der Waals surface area contributed by atoms with E-state index in [9.17, 15) is 14.4 Å². The Kier molecular flexibility index (Phi) is 23.2. The Hall–Kier alpha value is -1.80. The molecule has 3 fully saturated rings. The molecule has 0 bridgehead atoms. The summed E-state index contributed by atoms with van der Waals surface area (Å²) < 4.78 is 11.5. The number of esters is 2. The summed E-state index contributed by atoms with van der Waals surface area (Å²) in [5, 5.41) is 0.107. The minimum Gasteiger partial charge on any atom is -0.462 e. The Morgan fingerprint density at radius 1 is 0.800 bits per heavy atom. The smallest absolute Gasteiger partial charge is 0.306 e. The number of unbranched alkanes of at least 4 members (excludes halogenated alkanes) is 8. The van der Waals surface area contributed by atoms with Gasteiger partial charge in [-0.2, -0.15) is 0 Å². The van der Waals surface area contributed by atoms with Crippen LogP contribution in [0.4, 0.5) is 4.79 Å². The lowest BCUT2D eigenvalue weighted by molar-refractivity contribution is -0.151. The number of ether oxygens (including phenoxy) is 2. The van der Waals surface area contributed by atoms with Gasteiger partial charge in [-0.05, 0) is 138 Å². The second-order valence-corrected chi connectivity index (χ2v) is 21.5. The van der Waals surface area contributed by atoms with Crippen LogP contribution in [0.3, 0.4) is 0 Å². The van der Waals surface area contributed by atoms with Crippen LogP contribution >= 0.6 is 11.8 Å². The first-order valence-corrected chi connectivity index (χ1v) is 26.2. The van der Waals surface area contributed by atoms with Gasteiger partial charge in [0.1, 0.15) is 12.7 Å². The summed E-state index contributed by atoms with van der Waals surface area (Å²) in [6.07, 6.45) is 33.1. The number of fused-ring (bicyclic) bond motifs is 5. The number of thioether (sulfide) groups is 1. The van der Waals surface area contributed by atoms with Crippen LogP contribution in [0.25, 0.3) is 0 Å². The van der Waals surface area contributed by atoms with E-state index in [1.165, 1.54) is 88.8 Å². The van der Waals surface area contributed by atoms with E-state index in [0.29, 0.717) is 39.0 Å². The van der Waals surface area contributed by atoms with Gasteiger partial charge < -0.3 is 19.3 Å². The lowest BCUT2D eigenvalue weighted by atomic mass is 9.50. The zero-order valence-electron chi connectivity index (χ0n) is 39.7. The summed E-state index contributed by atoms with van der Waals surface area (Å²) in [6.45, 7) is 14.6. The fourth-order valence-electron chi connectivity index (χ4n) is 11.7. The zero-order valence-corrected chi connectivity index (χ0v) is 40.5. The number of nitrogens with zero attached hydrogens (tertiary/aromatic N) is 2. The molecule has 0 aromatic heterocycles. The number of carbonyl (C=O) groups is 3. The standard InChI is InChI=1S/C52H90N2O5S/c1-8-9-10-11-12-16-19-37-58-49(55)24-17-14-13-15-18-34-54(51(57)60-38-36-53(6)7)35-21-25-50(56)59-43-32-33-52(5)42(39-43)26-27-47-46-29-28-44(45(46)30-31-48(47)52)41(4)23-20-22-40(2)3/h16,19,26,40-41,43-48H,8-15,17-18,20-25,27-39H2,1-7H3/b19-16-/t41-,43+,44-,45-,46-,47+,48+,52+/m1/s1. The molecule has 0 heterocycles. The predicted octanol–water partition coefficient (Wildman–Crippen LogP) is 13.5. The SMILES string of the molecule is CCCCCC/C=C\COC(=O)CCCCCCCN(CCCC(=O)O[C@H]1CC[C@@]2(C)C(=CC[C@H]3[C@@H]4CC[C@H]([C@H](C)CCCC(C)C)[C@H]4CC[C@@H]32)C1)C(=O)SCCN(C)C. The van der Waals surface area contributed by atoms with Gasteiger partial charge in [0.15, 0.2) is 0 Å². The van der Waals surface area contributed by atoms with Crippen molar-refractivity contribution < 1.29 is 23.9 Å². The lowest BCUT2D eigenvalue weighted by Crippen LogP contribution is -2.48. The molecular formula is C52H90N2O5S. The quantitative estimate of drug-likeness (QED) is 0.0441. The molecule has 8 atom stereocenters.